The molecule has 1 rings (SSSR count). The first-order valence-electron chi connectivity index (χ1n) is 6.46. The van der Waals surface area contributed by atoms with Crippen LogP contribution in [0, 0.1) is 0 Å². The number of ether oxygens (including phenoxy) is 1. The van der Waals surface area contributed by atoms with E-state index in [4.69, 9.17) is 0 Å². The Balaban J connectivity index is 2.94. The Morgan fingerprint density at radius 1 is 1.35 bits per heavy atom. The van der Waals surface area contributed by atoms with E-state index in [0.717, 1.165) is 0 Å². The van der Waals surface area contributed by atoms with Gasteiger partial charge in [0, 0.05) is 10.1 Å². The molecule has 6 heteroatoms. The van der Waals surface area contributed by atoms with Gasteiger partial charge in [-0.25, -0.2) is 8.42 Å². The first-order chi connectivity index (χ1) is 9.40. The van der Waals surface area contributed by atoms with E-state index in [1.807, 2.05) is 13.8 Å². The minimum atomic E-state index is -3.26. The molecule has 0 saturated carbocycles. The van der Waals surface area contributed by atoms with Gasteiger partial charge in [0.15, 0.2) is 9.84 Å². The summed E-state index contributed by atoms with van der Waals surface area (Å²) in [6, 6.07) is 6.93. The Labute approximate surface area is 124 Å². The molecule has 1 aromatic carbocycles. The summed E-state index contributed by atoms with van der Waals surface area (Å²) in [5, 5.41) is -0.0413. The summed E-state index contributed by atoms with van der Waals surface area (Å²) in [6.07, 6.45) is 0.836. The van der Waals surface area contributed by atoms with Gasteiger partial charge in [-0.1, -0.05) is 26.0 Å². The fourth-order valence-electron chi connectivity index (χ4n) is 1.76. The number of benzene rings is 1. The van der Waals surface area contributed by atoms with Crippen molar-refractivity contribution in [2.45, 2.75) is 41.7 Å². The van der Waals surface area contributed by atoms with Crippen molar-refractivity contribution in [2.75, 3.05) is 12.9 Å². The summed E-state index contributed by atoms with van der Waals surface area (Å²) >= 11 is 1.39. The first kappa shape index (κ1) is 17.0. The van der Waals surface area contributed by atoms with E-state index < -0.39 is 9.84 Å². The largest absolute Gasteiger partial charge is 0.469 e. The molecule has 0 aliphatic rings. The number of hydrogen-bond acceptors (Lipinski definition) is 5. The zero-order valence-corrected chi connectivity index (χ0v) is 13.6. The molecule has 0 heterocycles. The minimum Gasteiger partial charge on any atom is -0.469 e. The first-order valence-corrected chi connectivity index (χ1v) is 8.99. The van der Waals surface area contributed by atoms with Gasteiger partial charge in [-0.05, 0) is 18.6 Å². The number of sulfone groups is 1. The highest BCUT2D eigenvalue weighted by atomic mass is 32.2. The molecule has 0 radical (unpaired) electrons. The van der Waals surface area contributed by atoms with Crippen LogP contribution in [0.3, 0.4) is 0 Å². The zero-order chi connectivity index (χ0) is 15.2. The highest BCUT2D eigenvalue weighted by Crippen LogP contribution is 2.31. The van der Waals surface area contributed by atoms with E-state index in [-0.39, 0.29) is 23.4 Å². The summed E-state index contributed by atoms with van der Waals surface area (Å²) in [5.41, 5.74) is 0. The Kier molecular flexibility index (Phi) is 6.55. The maximum Gasteiger partial charge on any atom is 0.306 e. The summed E-state index contributed by atoms with van der Waals surface area (Å²) in [6.45, 7) is 3.72. The van der Waals surface area contributed by atoms with Crippen molar-refractivity contribution in [3.8, 4) is 0 Å². The summed E-state index contributed by atoms with van der Waals surface area (Å²) in [5.74, 6) is -0.158. The molecule has 1 unspecified atom stereocenters. The molecule has 0 aromatic heterocycles. The zero-order valence-electron chi connectivity index (χ0n) is 12.0. The molecule has 4 nitrogen and oxygen atoms in total. The molecular weight excluding hydrogens is 296 g/mol. The lowest BCUT2D eigenvalue weighted by Gasteiger charge is -2.13. The lowest BCUT2D eigenvalue weighted by molar-refractivity contribution is -0.140. The van der Waals surface area contributed by atoms with E-state index >= 15 is 0 Å². The Bertz CT molecular complexity index is 552. The van der Waals surface area contributed by atoms with Crippen LogP contribution in [0.15, 0.2) is 34.1 Å². The number of thioether (sulfide) groups is 1. The van der Waals surface area contributed by atoms with Gasteiger partial charge >= 0.3 is 5.97 Å². The Hall–Kier alpha value is -1.01. The number of esters is 1. The van der Waals surface area contributed by atoms with Crippen LogP contribution in [0.25, 0.3) is 0 Å². The molecule has 0 fully saturated rings. The van der Waals surface area contributed by atoms with Crippen LogP contribution in [0.5, 0.6) is 0 Å². The summed E-state index contributed by atoms with van der Waals surface area (Å²) < 4.78 is 29.0. The van der Waals surface area contributed by atoms with Crippen LogP contribution in [0.2, 0.25) is 0 Å². The van der Waals surface area contributed by atoms with Crippen molar-refractivity contribution in [1.82, 2.24) is 0 Å². The molecule has 0 N–H and O–H groups in total. The van der Waals surface area contributed by atoms with E-state index in [1.54, 1.807) is 24.3 Å². The van der Waals surface area contributed by atoms with Gasteiger partial charge in [0.2, 0.25) is 0 Å². The lowest BCUT2D eigenvalue weighted by atomic mass is 10.3. The summed E-state index contributed by atoms with van der Waals surface area (Å²) in [4.78, 5) is 12.3. The van der Waals surface area contributed by atoms with Gasteiger partial charge in [0.1, 0.15) is 0 Å². The highest BCUT2D eigenvalue weighted by Gasteiger charge is 2.20. The maximum atomic E-state index is 12.2. The van der Waals surface area contributed by atoms with Gasteiger partial charge in [0.25, 0.3) is 0 Å². The average Bonchev–Trinajstić information content (AvgIpc) is 2.38. The second-order valence-electron chi connectivity index (χ2n) is 4.47. The molecule has 1 atom stereocenters. The predicted octanol–water partition coefficient (Wildman–Crippen LogP) is 2.91. The van der Waals surface area contributed by atoms with Gasteiger partial charge in [-0.15, -0.1) is 11.8 Å². The average molecular weight is 316 g/mol. The lowest BCUT2D eigenvalue weighted by Crippen LogP contribution is -2.11. The molecule has 0 bridgehead atoms. The number of hydrogen-bond donors (Lipinski definition) is 0. The third-order valence-corrected chi connectivity index (χ3v) is 5.95. The number of rotatable bonds is 7. The van der Waals surface area contributed by atoms with Crippen LogP contribution < -0.4 is 0 Å². The third-order valence-electron chi connectivity index (χ3n) is 2.67. The highest BCUT2D eigenvalue weighted by molar-refractivity contribution is 8.00. The molecule has 0 saturated heterocycles. The van der Waals surface area contributed by atoms with E-state index in [0.29, 0.717) is 16.2 Å². The molecule has 0 amide bonds. The van der Waals surface area contributed by atoms with Crippen molar-refractivity contribution in [3.63, 3.8) is 0 Å². The molecule has 1 aromatic rings. The van der Waals surface area contributed by atoms with Gasteiger partial charge in [-0.3, -0.25) is 4.79 Å². The van der Waals surface area contributed by atoms with Crippen LogP contribution in [-0.4, -0.2) is 32.5 Å². The van der Waals surface area contributed by atoms with E-state index in [9.17, 15) is 13.2 Å². The summed E-state index contributed by atoms with van der Waals surface area (Å²) in [7, 11) is -1.91. The molecule has 0 aliphatic carbocycles. The smallest absolute Gasteiger partial charge is 0.306 e. The van der Waals surface area contributed by atoms with Crippen molar-refractivity contribution in [3.05, 3.63) is 24.3 Å². The second-order valence-corrected chi connectivity index (χ2v) is 8.03. The SMILES string of the molecule is CCCS(=O)(=O)c1ccccc1SC(C)CC(=O)OC. The molecule has 112 valence electrons. The van der Waals surface area contributed by atoms with Crippen LogP contribution in [0.1, 0.15) is 26.7 Å². The maximum absolute atomic E-state index is 12.2. The second kappa shape index (κ2) is 7.69. The van der Waals surface area contributed by atoms with Crippen molar-refractivity contribution in [1.29, 1.82) is 0 Å². The predicted molar refractivity (Wildman–Crippen MR) is 80.7 cm³/mol. The molecule has 0 spiro atoms. The minimum absolute atomic E-state index is 0.0413. The van der Waals surface area contributed by atoms with E-state index in [1.165, 1.54) is 18.9 Å². The van der Waals surface area contributed by atoms with Crippen molar-refractivity contribution >= 4 is 27.6 Å². The normalized spacial score (nSPS) is 12.9. The number of methoxy groups -OCH3 is 1. The van der Waals surface area contributed by atoms with Crippen molar-refractivity contribution < 1.29 is 17.9 Å². The molecular formula is C14H20O4S2. The fraction of sp³-hybridized carbons (Fsp3) is 0.500. The Morgan fingerprint density at radius 3 is 2.60 bits per heavy atom. The van der Waals surface area contributed by atoms with Crippen LogP contribution in [0.4, 0.5) is 0 Å². The van der Waals surface area contributed by atoms with Crippen molar-refractivity contribution in [2.24, 2.45) is 0 Å². The number of carbonyl (C=O) groups is 1. The number of carbonyl (C=O) groups excluding carboxylic acids is 1. The van der Waals surface area contributed by atoms with Gasteiger partial charge in [0.05, 0.1) is 24.2 Å². The quantitative estimate of drug-likeness (QED) is 0.572. The van der Waals surface area contributed by atoms with E-state index in [2.05, 4.69) is 4.74 Å². The molecule has 0 aliphatic heterocycles. The monoisotopic (exact) mass is 316 g/mol. The van der Waals surface area contributed by atoms with Crippen LogP contribution in [-0.2, 0) is 19.4 Å². The van der Waals surface area contributed by atoms with Gasteiger partial charge in [-0.2, -0.15) is 0 Å². The third kappa shape index (κ3) is 4.83. The van der Waals surface area contributed by atoms with Crippen LogP contribution >= 0.6 is 11.8 Å². The fourth-order valence-corrected chi connectivity index (χ4v) is 4.70. The van der Waals surface area contributed by atoms with Gasteiger partial charge < -0.3 is 4.74 Å². The Morgan fingerprint density at radius 2 is 2.00 bits per heavy atom. The topological polar surface area (TPSA) is 60.4 Å². The molecule has 20 heavy (non-hydrogen) atoms. The standard InChI is InChI=1S/C14H20O4S2/c1-4-9-20(16,17)13-8-6-5-7-12(13)19-11(2)10-14(15)18-3/h5-8,11H,4,9-10H2,1-3H3.